The molecular formula is C18H33PTe. The van der Waals surface area contributed by atoms with E-state index >= 15 is 0 Å². The Hall–Kier alpha value is 1.22. The van der Waals surface area contributed by atoms with Gasteiger partial charge in [-0.15, -0.1) is 0 Å². The molecule has 0 N–H and O–H groups in total. The van der Waals surface area contributed by atoms with Gasteiger partial charge in [-0.2, -0.15) is 0 Å². The Morgan fingerprint density at radius 2 is 0.700 bits per heavy atom. The molecule has 0 amide bonds. The van der Waals surface area contributed by atoms with Gasteiger partial charge in [0.1, 0.15) is 0 Å². The molecule has 0 aromatic carbocycles. The van der Waals surface area contributed by atoms with Crippen LogP contribution in [-0.2, 0) is 0 Å². The molecule has 20 heavy (non-hydrogen) atoms. The van der Waals surface area contributed by atoms with E-state index in [1.807, 2.05) is 0 Å². The molecule has 2 heteroatoms. The molecule has 0 aromatic rings. The van der Waals surface area contributed by atoms with Gasteiger partial charge in [-0.25, -0.2) is 0 Å². The predicted octanol–water partition coefficient (Wildman–Crippen LogP) is 6.09. The molecular weight excluding hydrogens is 375 g/mol. The van der Waals surface area contributed by atoms with Gasteiger partial charge in [0.2, 0.25) is 0 Å². The maximum atomic E-state index is 2.78. The van der Waals surface area contributed by atoms with E-state index in [0.29, 0.717) is 0 Å². The summed E-state index contributed by atoms with van der Waals surface area (Å²) in [6.07, 6.45) is 23.6. The van der Waals surface area contributed by atoms with Crippen molar-refractivity contribution in [3.05, 3.63) is 0 Å². The topological polar surface area (TPSA) is 0 Å². The zero-order valence-corrected chi connectivity index (χ0v) is 16.4. The molecule has 3 saturated carbocycles. The van der Waals surface area contributed by atoms with Gasteiger partial charge >= 0.3 is 139 Å². The SMILES string of the molecule is [Te]=P(C1CCCCC1)(C1CCCCC1)C1CCCCC1. The molecule has 0 aliphatic heterocycles. The van der Waals surface area contributed by atoms with E-state index in [-0.39, 0.29) is 0 Å². The average molecular weight is 408 g/mol. The first-order valence-electron chi connectivity index (χ1n) is 9.41. The molecule has 0 atom stereocenters. The van der Waals surface area contributed by atoms with Crippen molar-refractivity contribution in [3.63, 3.8) is 0 Å². The second-order valence-electron chi connectivity index (χ2n) is 7.64. The zero-order chi connectivity index (χ0) is 13.8. The van der Waals surface area contributed by atoms with Crippen LogP contribution < -0.4 is 0 Å². The second-order valence-corrected chi connectivity index (χ2v) is 16.8. The van der Waals surface area contributed by atoms with Crippen molar-refractivity contribution in [3.8, 4) is 0 Å². The van der Waals surface area contributed by atoms with Crippen molar-refractivity contribution < 1.29 is 0 Å². The van der Waals surface area contributed by atoms with Crippen LogP contribution >= 0.6 is 4.49 Å². The van der Waals surface area contributed by atoms with E-state index in [0.717, 1.165) is 0 Å². The summed E-state index contributed by atoms with van der Waals surface area (Å²) in [5.41, 5.74) is 3.56. The van der Waals surface area contributed by atoms with Crippen LogP contribution in [0.2, 0.25) is 0 Å². The fourth-order valence-electron chi connectivity index (χ4n) is 5.35. The minimum absolute atomic E-state index is 0.686. The quantitative estimate of drug-likeness (QED) is 0.392. The standard InChI is InChI=1S/C18H33PTe/c20-19(16-10-4-1-5-11-16,17-12-6-2-7-13-17)18-14-8-3-9-15-18/h16-18H,1-15H2. The summed E-state index contributed by atoms with van der Waals surface area (Å²) in [5, 5.41) is 0. The monoisotopic (exact) mass is 410 g/mol. The fourth-order valence-corrected chi connectivity index (χ4v) is 16.1. The summed E-state index contributed by atoms with van der Waals surface area (Å²) in [7, 11) is 0. The van der Waals surface area contributed by atoms with Crippen molar-refractivity contribution in [2.45, 2.75) is 113 Å². The van der Waals surface area contributed by atoms with Crippen molar-refractivity contribution in [2.75, 3.05) is 0 Å². The number of hydrogen-bond acceptors (Lipinski definition) is 0. The van der Waals surface area contributed by atoms with Gasteiger partial charge in [0.15, 0.2) is 0 Å². The molecule has 3 aliphatic rings. The molecule has 0 bridgehead atoms. The van der Waals surface area contributed by atoms with Gasteiger partial charge in [0, 0.05) is 0 Å². The number of hydrogen-bond donors (Lipinski definition) is 0. The van der Waals surface area contributed by atoms with E-state index in [2.05, 4.69) is 21.2 Å². The Morgan fingerprint density at radius 3 is 0.950 bits per heavy atom. The van der Waals surface area contributed by atoms with E-state index in [1.165, 1.54) is 36.2 Å². The van der Waals surface area contributed by atoms with Crippen LogP contribution in [-0.4, -0.2) is 38.2 Å². The molecule has 0 unspecified atom stereocenters. The molecule has 3 rings (SSSR count). The molecule has 0 nitrogen and oxygen atoms in total. The summed E-state index contributed by atoms with van der Waals surface area (Å²) in [4.78, 5) is 0. The first kappa shape index (κ1) is 16.1. The molecule has 3 fully saturated rings. The van der Waals surface area contributed by atoms with Crippen molar-refractivity contribution in [2.24, 2.45) is 0 Å². The van der Waals surface area contributed by atoms with Crippen LogP contribution in [0.15, 0.2) is 0 Å². The molecule has 0 aromatic heterocycles. The van der Waals surface area contributed by atoms with Crippen molar-refractivity contribution in [1.29, 1.82) is 0 Å². The van der Waals surface area contributed by atoms with E-state index in [9.17, 15) is 0 Å². The molecule has 0 spiro atoms. The first-order chi connectivity index (χ1) is 9.82. The van der Waals surface area contributed by atoms with Crippen LogP contribution in [0.25, 0.3) is 0 Å². The molecule has 116 valence electrons. The summed E-state index contributed by atoms with van der Waals surface area (Å²) in [5.74, 6) is 0. The van der Waals surface area contributed by atoms with Gasteiger partial charge in [-0.05, 0) is 0 Å². The molecule has 0 radical (unpaired) electrons. The Kier molecular flexibility index (Phi) is 6.17. The Labute approximate surface area is 138 Å². The van der Waals surface area contributed by atoms with Crippen LogP contribution in [0.4, 0.5) is 0 Å². The summed E-state index contributed by atoms with van der Waals surface area (Å²) in [6.45, 7) is 0. The number of rotatable bonds is 3. The Morgan fingerprint density at radius 1 is 0.450 bits per heavy atom. The van der Waals surface area contributed by atoms with Crippen LogP contribution in [0.1, 0.15) is 96.3 Å². The van der Waals surface area contributed by atoms with E-state index < -0.39 is 4.49 Å². The van der Waals surface area contributed by atoms with Gasteiger partial charge in [-0.3, -0.25) is 0 Å². The predicted molar refractivity (Wildman–Crippen MR) is 93.3 cm³/mol. The van der Waals surface area contributed by atoms with Gasteiger partial charge < -0.3 is 0 Å². The summed E-state index contributed by atoms with van der Waals surface area (Å²) >= 11 is 2.78. The molecule has 3 aliphatic carbocycles. The van der Waals surface area contributed by atoms with Gasteiger partial charge in [0.25, 0.3) is 0 Å². The molecule has 0 saturated heterocycles. The zero-order valence-electron chi connectivity index (χ0n) is 13.2. The fraction of sp³-hybridized carbons (Fsp3) is 1.00. The van der Waals surface area contributed by atoms with Crippen LogP contribution in [0, 0.1) is 0 Å². The Bertz CT molecular complexity index is 281. The minimum atomic E-state index is -0.686. The average Bonchev–Trinajstić information content (AvgIpc) is 2.56. The van der Waals surface area contributed by atoms with Crippen LogP contribution in [0.3, 0.4) is 0 Å². The van der Waals surface area contributed by atoms with E-state index in [4.69, 9.17) is 0 Å². The first-order valence-corrected chi connectivity index (χ1v) is 14.4. The van der Waals surface area contributed by atoms with Crippen molar-refractivity contribution in [1.82, 2.24) is 0 Å². The third kappa shape index (κ3) is 3.42. The summed E-state index contributed by atoms with van der Waals surface area (Å²) in [6, 6.07) is 0. The van der Waals surface area contributed by atoms with E-state index in [1.54, 1.807) is 77.0 Å². The molecule has 0 heterocycles. The van der Waals surface area contributed by atoms with Crippen LogP contribution in [0.5, 0.6) is 0 Å². The third-order valence-electron chi connectivity index (χ3n) is 6.44. The van der Waals surface area contributed by atoms with Crippen molar-refractivity contribution >= 4 is 25.7 Å². The second kappa shape index (κ2) is 7.66. The maximum absolute atomic E-state index is 2.78. The normalized spacial score (nSPS) is 28.6. The van der Waals surface area contributed by atoms with Gasteiger partial charge in [-0.1, -0.05) is 0 Å². The third-order valence-corrected chi connectivity index (χ3v) is 19.1. The Balaban J connectivity index is 1.81. The summed E-state index contributed by atoms with van der Waals surface area (Å²) < 4.78 is -0.686. The van der Waals surface area contributed by atoms with Gasteiger partial charge in [0.05, 0.1) is 0 Å².